The van der Waals surface area contributed by atoms with Crippen LogP contribution in [0, 0.1) is 0 Å². The molecule has 0 amide bonds. The highest BCUT2D eigenvalue weighted by molar-refractivity contribution is 6.64. The van der Waals surface area contributed by atoms with Crippen LogP contribution in [0.15, 0.2) is 0 Å². The molecule has 0 saturated carbocycles. The van der Waals surface area contributed by atoms with Crippen molar-refractivity contribution in [1.82, 2.24) is 4.81 Å². The molecule has 0 bridgehead atoms. The zero-order chi connectivity index (χ0) is 8.10. The number of hydrogen-bond donors (Lipinski definition) is 1. The Morgan fingerprint density at radius 1 is 1.45 bits per heavy atom. The van der Waals surface area contributed by atoms with Crippen LogP contribution in [0.5, 0.6) is 0 Å². The highest BCUT2D eigenvalue weighted by Crippen LogP contribution is 2.07. The molecule has 11 heavy (non-hydrogen) atoms. The van der Waals surface area contributed by atoms with Crippen molar-refractivity contribution in [2.45, 2.75) is 25.3 Å². The third kappa shape index (κ3) is 3.03. The normalized spacial score (nSPS) is 27.5. The number of hydrogen-bond acceptors (Lipinski definition) is 3. The van der Waals surface area contributed by atoms with Gasteiger partial charge < -0.3 is 15.3 Å². The first-order valence-corrected chi connectivity index (χ1v) is 4.11. The Morgan fingerprint density at radius 3 is 3.00 bits per heavy atom. The zero-order valence-electron chi connectivity index (χ0n) is 6.70. The Labute approximate surface area is 68.2 Å². The SMILES string of the molecule is NC1CCCN([B]C=O)CC1. The van der Waals surface area contributed by atoms with Crippen LogP contribution >= 0.6 is 0 Å². The van der Waals surface area contributed by atoms with Gasteiger partial charge in [-0.25, -0.2) is 0 Å². The van der Waals surface area contributed by atoms with E-state index in [4.69, 9.17) is 5.73 Å². The molecular formula is C7H14BN2O. The van der Waals surface area contributed by atoms with Crippen molar-refractivity contribution in [2.75, 3.05) is 13.1 Å². The van der Waals surface area contributed by atoms with E-state index in [-0.39, 0.29) is 0 Å². The van der Waals surface area contributed by atoms with E-state index in [1.807, 2.05) is 4.81 Å². The number of nitrogens with two attached hydrogens (primary N) is 1. The van der Waals surface area contributed by atoms with Gasteiger partial charge in [-0.15, -0.1) is 0 Å². The average Bonchev–Trinajstić information content (AvgIpc) is 2.17. The van der Waals surface area contributed by atoms with Gasteiger partial charge in [-0.1, -0.05) is 0 Å². The molecule has 4 heteroatoms. The fourth-order valence-corrected chi connectivity index (χ4v) is 1.38. The number of rotatable bonds is 2. The van der Waals surface area contributed by atoms with Crippen molar-refractivity contribution in [1.29, 1.82) is 0 Å². The fourth-order valence-electron chi connectivity index (χ4n) is 1.38. The van der Waals surface area contributed by atoms with Crippen LogP contribution in [0.2, 0.25) is 0 Å². The van der Waals surface area contributed by atoms with Gasteiger partial charge in [-0.3, -0.25) is 0 Å². The summed E-state index contributed by atoms with van der Waals surface area (Å²) in [5, 5.41) is 0. The van der Waals surface area contributed by atoms with Gasteiger partial charge in [-0.2, -0.15) is 0 Å². The Morgan fingerprint density at radius 2 is 2.27 bits per heavy atom. The molecule has 1 atom stereocenters. The fraction of sp³-hybridized carbons (Fsp3) is 0.857. The van der Waals surface area contributed by atoms with E-state index in [9.17, 15) is 4.79 Å². The molecule has 0 aromatic carbocycles. The molecule has 0 spiro atoms. The molecule has 1 heterocycles. The maximum absolute atomic E-state index is 10.1. The summed E-state index contributed by atoms with van der Waals surface area (Å²) in [6.07, 6.45) is 4.04. The molecule has 2 N–H and O–H groups in total. The summed E-state index contributed by atoms with van der Waals surface area (Å²) in [4.78, 5) is 12.2. The van der Waals surface area contributed by atoms with Gasteiger partial charge >= 0.3 is 0 Å². The highest BCUT2D eigenvalue weighted by Gasteiger charge is 2.13. The number of carbonyl (C=O) groups excluding carboxylic acids is 1. The van der Waals surface area contributed by atoms with Crippen LogP contribution in [-0.2, 0) is 4.79 Å². The topological polar surface area (TPSA) is 46.3 Å². The lowest BCUT2D eigenvalue weighted by molar-refractivity contribution is 0.459. The molecule has 1 radical (unpaired) electrons. The number of carbonyl (C=O) groups is 1. The third-order valence-corrected chi connectivity index (χ3v) is 2.08. The molecule has 61 valence electrons. The maximum atomic E-state index is 10.1. The predicted octanol–water partition coefficient (Wildman–Crippen LogP) is -0.391. The summed E-state index contributed by atoms with van der Waals surface area (Å²) in [7, 11) is 1.61. The standard InChI is InChI=1S/C7H14BN2O/c9-7-2-1-4-10(5-3-7)8-6-11/h6-7H,1-5,9H2. The summed E-state index contributed by atoms with van der Waals surface area (Å²) < 4.78 is 0. The molecule has 1 fully saturated rings. The lowest BCUT2D eigenvalue weighted by Gasteiger charge is -2.14. The van der Waals surface area contributed by atoms with Gasteiger partial charge in [-0.05, 0) is 32.4 Å². The molecule has 0 aromatic rings. The second-order valence-electron chi connectivity index (χ2n) is 3.01. The van der Waals surface area contributed by atoms with Crippen molar-refractivity contribution < 1.29 is 4.79 Å². The zero-order valence-corrected chi connectivity index (χ0v) is 6.70. The largest absolute Gasteiger partial charge is 0.340 e. The van der Waals surface area contributed by atoms with Gasteiger partial charge in [0.05, 0.1) is 6.19 Å². The quantitative estimate of drug-likeness (QED) is 0.434. The van der Waals surface area contributed by atoms with Crippen molar-refractivity contribution in [3.63, 3.8) is 0 Å². The molecule has 1 unspecified atom stereocenters. The van der Waals surface area contributed by atoms with Crippen LogP contribution in [0.4, 0.5) is 0 Å². The first-order chi connectivity index (χ1) is 5.33. The number of nitrogens with zero attached hydrogens (tertiary/aromatic N) is 1. The summed E-state index contributed by atoms with van der Waals surface area (Å²) >= 11 is 0. The summed E-state index contributed by atoms with van der Waals surface area (Å²) in [6, 6.07) is 0.333. The Balaban J connectivity index is 2.27. The molecule has 0 aliphatic carbocycles. The minimum absolute atomic E-state index is 0.333. The molecule has 1 aliphatic rings. The van der Waals surface area contributed by atoms with E-state index in [0.29, 0.717) is 6.04 Å². The van der Waals surface area contributed by atoms with Gasteiger partial charge in [0.1, 0.15) is 0 Å². The Bertz CT molecular complexity index is 132. The molecule has 3 nitrogen and oxygen atoms in total. The predicted molar refractivity (Wildman–Crippen MR) is 45.9 cm³/mol. The van der Waals surface area contributed by atoms with Gasteiger partial charge in [0.25, 0.3) is 7.41 Å². The van der Waals surface area contributed by atoms with Gasteiger partial charge in [0.15, 0.2) is 0 Å². The van der Waals surface area contributed by atoms with Crippen LogP contribution in [0.25, 0.3) is 0 Å². The summed E-state index contributed by atoms with van der Waals surface area (Å²) in [5.41, 5.74) is 5.76. The van der Waals surface area contributed by atoms with Crippen LogP contribution in [0.3, 0.4) is 0 Å². The van der Waals surface area contributed by atoms with Gasteiger partial charge in [0, 0.05) is 6.04 Å². The molecule has 1 rings (SSSR count). The summed E-state index contributed by atoms with van der Waals surface area (Å²) in [6.45, 7) is 1.91. The van der Waals surface area contributed by atoms with Crippen LogP contribution < -0.4 is 5.73 Å². The van der Waals surface area contributed by atoms with E-state index >= 15 is 0 Å². The van der Waals surface area contributed by atoms with E-state index < -0.39 is 0 Å². The minimum atomic E-state index is 0.333. The van der Waals surface area contributed by atoms with Crippen LogP contribution in [-0.4, -0.2) is 37.5 Å². The molecular weight excluding hydrogens is 139 g/mol. The second kappa shape index (κ2) is 4.52. The Hall–Kier alpha value is -0.345. The summed E-state index contributed by atoms with van der Waals surface area (Å²) in [5.74, 6) is 0. The molecule has 1 aliphatic heterocycles. The smallest absolute Gasteiger partial charge is 0.293 e. The molecule has 1 saturated heterocycles. The average molecular weight is 153 g/mol. The first-order valence-electron chi connectivity index (χ1n) is 4.11. The Kier molecular flexibility index (Phi) is 3.59. The first kappa shape index (κ1) is 8.75. The lowest BCUT2D eigenvalue weighted by Crippen LogP contribution is -2.30. The maximum Gasteiger partial charge on any atom is 0.293 e. The van der Waals surface area contributed by atoms with Crippen molar-refractivity contribution in [3.8, 4) is 0 Å². The van der Waals surface area contributed by atoms with E-state index in [1.165, 1.54) is 0 Å². The lowest BCUT2D eigenvalue weighted by atomic mass is 9.94. The second-order valence-corrected chi connectivity index (χ2v) is 3.01. The van der Waals surface area contributed by atoms with Crippen molar-refractivity contribution >= 4 is 13.6 Å². The van der Waals surface area contributed by atoms with Crippen molar-refractivity contribution in [2.24, 2.45) is 5.73 Å². The van der Waals surface area contributed by atoms with Gasteiger partial charge in [0.2, 0.25) is 0 Å². The third-order valence-electron chi connectivity index (χ3n) is 2.08. The van der Waals surface area contributed by atoms with E-state index in [2.05, 4.69) is 0 Å². The van der Waals surface area contributed by atoms with Crippen LogP contribution in [0.1, 0.15) is 19.3 Å². The monoisotopic (exact) mass is 153 g/mol. The minimum Gasteiger partial charge on any atom is -0.340 e. The molecule has 0 aromatic heterocycles. The van der Waals surface area contributed by atoms with E-state index in [1.54, 1.807) is 7.41 Å². The highest BCUT2D eigenvalue weighted by atomic mass is 16.1. The van der Waals surface area contributed by atoms with E-state index in [0.717, 1.165) is 38.5 Å². The van der Waals surface area contributed by atoms with Crippen molar-refractivity contribution in [3.05, 3.63) is 0 Å².